The lowest BCUT2D eigenvalue weighted by atomic mass is 10.1. The molecule has 0 saturated heterocycles. The van der Waals surface area contributed by atoms with Gasteiger partial charge in [-0.3, -0.25) is 9.10 Å². The molecule has 0 heterocycles. The van der Waals surface area contributed by atoms with E-state index >= 15 is 0 Å². The van der Waals surface area contributed by atoms with E-state index in [1.165, 1.54) is 11.4 Å². The van der Waals surface area contributed by atoms with E-state index < -0.39 is 10.0 Å². The van der Waals surface area contributed by atoms with Crippen LogP contribution in [-0.2, 0) is 21.2 Å². The average molecular weight is 425 g/mol. The van der Waals surface area contributed by atoms with E-state index in [2.05, 4.69) is 5.32 Å². The first-order valence-electron chi connectivity index (χ1n) is 8.95. The summed E-state index contributed by atoms with van der Waals surface area (Å²) in [7, 11) is -2.03. The summed E-state index contributed by atoms with van der Waals surface area (Å²) in [6, 6.07) is 12.4. The van der Waals surface area contributed by atoms with Gasteiger partial charge < -0.3 is 10.1 Å². The molecule has 0 bridgehead atoms. The fourth-order valence-corrected chi connectivity index (χ4v) is 4.05. The first-order chi connectivity index (χ1) is 13.3. The Morgan fingerprint density at radius 2 is 1.93 bits per heavy atom. The highest BCUT2D eigenvalue weighted by Gasteiger charge is 2.19. The van der Waals surface area contributed by atoms with Crippen molar-refractivity contribution in [2.24, 2.45) is 0 Å². The number of ether oxygens (including phenoxy) is 1. The molecule has 6 nitrogen and oxygen atoms in total. The molecule has 28 heavy (non-hydrogen) atoms. The summed E-state index contributed by atoms with van der Waals surface area (Å²) in [5.41, 5.74) is 2.28. The van der Waals surface area contributed by atoms with Crippen molar-refractivity contribution in [1.29, 1.82) is 0 Å². The number of sulfonamides is 1. The molecule has 152 valence electrons. The van der Waals surface area contributed by atoms with Gasteiger partial charge in [-0.1, -0.05) is 36.7 Å². The van der Waals surface area contributed by atoms with Crippen LogP contribution in [0.1, 0.15) is 25.3 Å². The monoisotopic (exact) mass is 424 g/mol. The van der Waals surface area contributed by atoms with Crippen molar-refractivity contribution < 1.29 is 17.9 Å². The molecule has 0 fully saturated rings. The summed E-state index contributed by atoms with van der Waals surface area (Å²) in [6.45, 7) is 2.19. The number of hydrogen-bond acceptors (Lipinski definition) is 4. The Labute approximate surface area is 171 Å². The molecular formula is C20H25ClN2O4S. The second-order valence-corrected chi connectivity index (χ2v) is 8.63. The van der Waals surface area contributed by atoms with Gasteiger partial charge in [0.1, 0.15) is 5.75 Å². The minimum absolute atomic E-state index is 0.151. The van der Waals surface area contributed by atoms with Crippen LogP contribution in [0.15, 0.2) is 42.5 Å². The number of para-hydroxylation sites is 1. The van der Waals surface area contributed by atoms with Gasteiger partial charge in [-0.15, -0.1) is 0 Å². The Balaban J connectivity index is 2.03. The number of methoxy groups -OCH3 is 1. The van der Waals surface area contributed by atoms with Crippen molar-refractivity contribution in [3.63, 3.8) is 0 Å². The van der Waals surface area contributed by atoms with Gasteiger partial charge in [-0.2, -0.15) is 0 Å². The van der Waals surface area contributed by atoms with Crippen molar-refractivity contribution in [2.45, 2.75) is 26.2 Å². The van der Waals surface area contributed by atoms with Crippen LogP contribution in [0.25, 0.3) is 0 Å². The van der Waals surface area contributed by atoms with Crippen LogP contribution in [0.2, 0.25) is 5.02 Å². The van der Waals surface area contributed by atoms with Crippen molar-refractivity contribution in [3.05, 3.63) is 53.1 Å². The normalized spacial score (nSPS) is 11.1. The number of anilines is 2. The summed E-state index contributed by atoms with van der Waals surface area (Å²) in [4.78, 5) is 12.3. The van der Waals surface area contributed by atoms with E-state index in [0.717, 1.165) is 23.9 Å². The Hall–Kier alpha value is -2.25. The third-order valence-electron chi connectivity index (χ3n) is 4.26. The molecule has 0 aliphatic carbocycles. The molecule has 0 aliphatic heterocycles. The lowest BCUT2D eigenvalue weighted by Crippen LogP contribution is -2.31. The predicted molar refractivity (Wildman–Crippen MR) is 114 cm³/mol. The fourth-order valence-electron chi connectivity index (χ4n) is 2.84. The van der Waals surface area contributed by atoms with E-state index in [-0.39, 0.29) is 18.9 Å². The largest absolute Gasteiger partial charge is 0.495 e. The van der Waals surface area contributed by atoms with Crippen molar-refractivity contribution >= 4 is 38.9 Å². The Kier molecular flexibility index (Phi) is 7.71. The second kappa shape index (κ2) is 9.80. The Morgan fingerprint density at radius 1 is 1.21 bits per heavy atom. The number of hydrogen-bond donors (Lipinski definition) is 1. The third-order valence-corrected chi connectivity index (χ3v) is 5.75. The maximum Gasteiger partial charge on any atom is 0.232 e. The summed E-state index contributed by atoms with van der Waals surface area (Å²) in [6.07, 6.45) is 2.52. The van der Waals surface area contributed by atoms with Crippen molar-refractivity contribution in [3.8, 4) is 5.75 Å². The van der Waals surface area contributed by atoms with Crippen molar-refractivity contribution in [2.75, 3.05) is 29.5 Å². The molecule has 0 spiro atoms. The van der Waals surface area contributed by atoms with Crippen LogP contribution in [0, 0.1) is 0 Å². The molecule has 1 N–H and O–H groups in total. The third kappa shape index (κ3) is 5.87. The van der Waals surface area contributed by atoms with Gasteiger partial charge >= 0.3 is 0 Å². The highest BCUT2D eigenvalue weighted by atomic mass is 35.5. The zero-order valence-corrected chi connectivity index (χ0v) is 17.8. The van der Waals surface area contributed by atoms with Crippen molar-refractivity contribution in [1.82, 2.24) is 0 Å². The Morgan fingerprint density at radius 3 is 2.54 bits per heavy atom. The first kappa shape index (κ1) is 22.0. The summed E-state index contributed by atoms with van der Waals surface area (Å²) < 4.78 is 30.7. The summed E-state index contributed by atoms with van der Waals surface area (Å²) >= 11 is 6.12. The second-order valence-electron chi connectivity index (χ2n) is 6.32. The van der Waals surface area contributed by atoms with E-state index in [1.54, 1.807) is 18.2 Å². The molecule has 0 atom stereocenters. The van der Waals surface area contributed by atoms with Crippen LogP contribution in [0.3, 0.4) is 0 Å². The van der Waals surface area contributed by atoms with Gasteiger partial charge in [0.25, 0.3) is 0 Å². The maximum absolute atomic E-state index is 12.3. The lowest BCUT2D eigenvalue weighted by molar-refractivity contribution is -0.116. The average Bonchev–Trinajstić information content (AvgIpc) is 2.64. The number of rotatable bonds is 9. The van der Waals surface area contributed by atoms with E-state index in [4.69, 9.17) is 16.3 Å². The van der Waals surface area contributed by atoms with Gasteiger partial charge in [0.2, 0.25) is 15.9 Å². The number of amides is 1. The molecule has 0 aromatic heterocycles. The van der Waals surface area contributed by atoms with Gasteiger partial charge in [0.15, 0.2) is 0 Å². The number of benzene rings is 2. The van der Waals surface area contributed by atoms with Crippen LogP contribution in [0.4, 0.5) is 11.4 Å². The topological polar surface area (TPSA) is 75.7 Å². The summed E-state index contributed by atoms with van der Waals surface area (Å²) in [5.74, 6) is 0.315. The smallest absolute Gasteiger partial charge is 0.232 e. The molecule has 2 aromatic carbocycles. The summed E-state index contributed by atoms with van der Waals surface area (Å²) in [5, 5.41) is 3.22. The molecular weight excluding hydrogens is 400 g/mol. The zero-order chi connectivity index (χ0) is 20.7. The highest BCUT2D eigenvalue weighted by molar-refractivity contribution is 7.92. The lowest BCUT2D eigenvalue weighted by Gasteiger charge is -2.23. The van der Waals surface area contributed by atoms with Crippen LogP contribution >= 0.6 is 11.6 Å². The SMILES string of the molecule is CCc1ccccc1NC(=O)CCCN(c1ccc(OC)c(Cl)c1)S(C)(=O)=O. The molecule has 0 saturated carbocycles. The molecule has 0 radical (unpaired) electrons. The van der Waals surface area contributed by atoms with Gasteiger partial charge in [0, 0.05) is 18.7 Å². The molecule has 0 unspecified atom stereocenters. The van der Waals surface area contributed by atoms with Gasteiger partial charge in [-0.25, -0.2) is 8.42 Å². The number of halogens is 1. The van der Waals surface area contributed by atoms with Crippen LogP contribution in [0.5, 0.6) is 5.75 Å². The van der Waals surface area contributed by atoms with E-state index in [0.29, 0.717) is 22.9 Å². The molecule has 2 aromatic rings. The van der Waals surface area contributed by atoms with E-state index in [1.807, 2.05) is 31.2 Å². The first-order valence-corrected chi connectivity index (χ1v) is 11.2. The van der Waals surface area contributed by atoms with E-state index in [9.17, 15) is 13.2 Å². The Bertz CT molecular complexity index is 932. The zero-order valence-electron chi connectivity index (χ0n) is 16.2. The molecule has 8 heteroatoms. The number of carbonyl (C=O) groups excluding carboxylic acids is 1. The molecule has 1 amide bonds. The number of carbonyl (C=O) groups is 1. The fraction of sp³-hybridized carbons (Fsp3) is 0.350. The predicted octanol–water partition coefficient (Wildman–Crippen LogP) is 4.10. The number of nitrogens with zero attached hydrogens (tertiary/aromatic N) is 1. The standard InChI is InChI=1S/C20H25ClN2O4S/c1-4-15-8-5-6-9-18(15)22-20(24)10-7-13-23(28(3,25)26)16-11-12-19(27-2)17(21)14-16/h5-6,8-9,11-12,14H,4,7,10,13H2,1-3H3,(H,22,24). The maximum atomic E-state index is 12.3. The minimum atomic E-state index is -3.52. The number of nitrogens with one attached hydrogen (secondary N) is 1. The van der Waals surface area contributed by atoms with Crippen LogP contribution < -0.4 is 14.4 Å². The quantitative estimate of drug-likeness (QED) is 0.657. The molecule has 0 aliphatic rings. The van der Waals surface area contributed by atoms with Gasteiger partial charge in [0.05, 0.1) is 24.1 Å². The minimum Gasteiger partial charge on any atom is -0.495 e. The molecule has 2 rings (SSSR count). The highest BCUT2D eigenvalue weighted by Crippen LogP contribution is 2.30. The van der Waals surface area contributed by atoms with Crippen LogP contribution in [-0.4, -0.2) is 34.2 Å². The number of aryl methyl sites for hydroxylation is 1. The van der Waals surface area contributed by atoms with Gasteiger partial charge in [-0.05, 0) is 42.7 Å².